The molecule has 0 radical (unpaired) electrons. The summed E-state index contributed by atoms with van der Waals surface area (Å²) in [7, 11) is -3.04. The summed E-state index contributed by atoms with van der Waals surface area (Å²) >= 11 is 6.76. The quantitative estimate of drug-likeness (QED) is 0.624. The molecule has 1 unspecified atom stereocenters. The van der Waals surface area contributed by atoms with Crippen molar-refractivity contribution in [2.75, 3.05) is 24.7 Å². The van der Waals surface area contributed by atoms with E-state index in [-0.39, 0.29) is 36.0 Å². The van der Waals surface area contributed by atoms with Gasteiger partial charge in [0, 0.05) is 17.1 Å². The van der Waals surface area contributed by atoms with Gasteiger partial charge in [0.1, 0.15) is 5.75 Å². The highest BCUT2D eigenvalue weighted by molar-refractivity contribution is 9.11. The summed E-state index contributed by atoms with van der Waals surface area (Å²) in [6.45, 7) is 4.44. The highest BCUT2D eigenvalue weighted by Crippen LogP contribution is 2.28. The summed E-state index contributed by atoms with van der Waals surface area (Å²) < 4.78 is 30.7. The molecule has 0 N–H and O–H groups in total. The van der Waals surface area contributed by atoms with Crippen LogP contribution in [0.3, 0.4) is 0 Å². The predicted molar refractivity (Wildman–Crippen MR) is 101 cm³/mol. The standard InChI is InChI=1S/C16H21Br2NO4S/c1-11(2)8-19(13-5-6-24(21,22)10-13)16(20)9-23-15-4-3-12(17)7-14(15)18/h3-4,7,11,13H,5-6,8-10H2,1-2H3. The number of hydrogen-bond acceptors (Lipinski definition) is 4. The van der Waals surface area contributed by atoms with Crippen LogP contribution >= 0.6 is 31.9 Å². The average Bonchev–Trinajstić information content (AvgIpc) is 2.83. The van der Waals surface area contributed by atoms with E-state index in [2.05, 4.69) is 31.9 Å². The van der Waals surface area contributed by atoms with E-state index < -0.39 is 9.84 Å². The van der Waals surface area contributed by atoms with Gasteiger partial charge in [0.15, 0.2) is 16.4 Å². The molecule has 1 aromatic carbocycles. The fraction of sp³-hybridized carbons (Fsp3) is 0.562. The lowest BCUT2D eigenvalue weighted by Gasteiger charge is -2.30. The van der Waals surface area contributed by atoms with Crippen molar-refractivity contribution in [1.29, 1.82) is 0 Å². The lowest BCUT2D eigenvalue weighted by atomic mass is 10.1. The number of sulfone groups is 1. The molecule has 1 saturated heterocycles. The van der Waals surface area contributed by atoms with Crippen molar-refractivity contribution in [3.05, 3.63) is 27.1 Å². The largest absolute Gasteiger partial charge is 0.483 e. The average molecular weight is 483 g/mol. The minimum atomic E-state index is -3.04. The Balaban J connectivity index is 2.05. The molecule has 1 atom stereocenters. The number of carbonyl (C=O) groups excluding carboxylic acids is 1. The Morgan fingerprint density at radius 2 is 2.08 bits per heavy atom. The van der Waals surface area contributed by atoms with E-state index in [1.54, 1.807) is 11.0 Å². The van der Waals surface area contributed by atoms with E-state index in [4.69, 9.17) is 4.74 Å². The molecule has 5 nitrogen and oxygen atoms in total. The van der Waals surface area contributed by atoms with Crippen LogP contribution in [0.1, 0.15) is 20.3 Å². The van der Waals surface area contributed by atoms with Crippen LogP contribution in [0.4, 0.5) is 0 Å². The number of rotatable bonds is 6. The van der Waals surface area contributed by atoms with Gasteiger partial charge < -0.3 is 9.64 Å². The Kier molecular flexibility index (Phi) is 6.73. The van der Waals surface area contributed by atoms with E-state index in [1.807, 2.05) is 26.0 Å². The number of benzene rings is 1. The Labute approximate surface area is 159 Å². The van der Waals surface area contributed by atoms with Crippen LogP contribution in [0.5, 0.6) is 5.75 Å². The number of ether oxygens (including phenoxy) is 1. The van der Waals surface area contributed by atoms with Crippen molar-refractivity contribution in [3.63, 3.8) is 0 Å². The summed E-state index contributed by atoms with van der Waals surface area (Å²) in [5, 5.41) is 0. The minimum Gasteiger partial charge on any atom is -0.483 e. The molecular weight excluding hydrogens is 462 g/mol. The van der Waals surface area contributed by atoms with Gasteiger partial charge >= 0.3 is 0 Å². The normalized spacial score (nSPS) is 19.5. The fourth-order valence-electron chi connectivity index (χ4n) is 2.68. The molecule has 0 aromatic heterocycles. The Morgan fingerprint density at radius 3 is 2.62 bits per heavy atom. The van der Waals surface area contributed by atoms with Crippen molar-refractivity contribution in [2.24, 2.45) is 5.92 Å². The molecule has 0 saturated carbocycles. The Hall–Kier alpha value is -0.600. The summed E-state index contributed by atoms with van der Waals surface area (Å²) in [5.41, 5.74) is 0. The summed E-state index contributed by atoms with van der Waals surface area (Å²) in [4.78, 5) is 14.3. The van der Waals surface area contributed by atoms with E-state index in [0.717, 1.165) is 8.95 Å². The second kappa shape index (κ2) is 8.19. The number of amides is 1. The van der Waals surface area contributed by atoms with Crippen molar-refractivity contribution in [2.45, 2.75) is 26.3 Å². The van der Waals surface area contributed by atoms with Gasteiger partial charge in [-0.2, -0.15) is 0 Å². The molecule has 0 bridgehead atoms. The molecule has 134 valence electrons. The van der Waals surface area contributed by atoms with Gasteiger partial charge in [0.05, 0.1) is 16.0 Å². The first-order valence-electron chi connectivity index (χ1n) is 7.75. The van der Waals surface area contributed by atoms with Crippen molar-refractivity contribution < 1.29 is 17.9 Å². The van der Waals surface area contributed by atoms with Gasteiger partial charge in [-0.25, -0.2) is 8.42 Å². The van der Waals surface area contributed by atoms with Gasteiger partial charge in [0.2, 0.25) is 0 Å². The molecule has 24 heavy (non-hydrogen) atoms. The zero-order chi connectivity index (χ0) is 17.9. The second-order valence-electron chi connectivity index (χ2n) is 6.36. The maximum Gasteiger partial charge on any atom is 0.260 e. The van der Waals surface area contributed by atoms with Crippen molar-refractivity contribution >= 4 is 47.6 Å². The van der Waals surface area contributed by atoms with Crippen LogP contribution in [0.15, 0.2) is 27.1 Å². The first kappa shape index (κ1) is 19.7. The van der Waals surface area contributed by atoms with Crippen LogP contribution in [0.2, 0.25) is 0 Å². The first-order valence-corrected chi connectivity index (χ1v) is 11.2. The summed E-state index contributed by atoms with van der Waals surface area (Å²) in [6.07, 6.45) is 0.503. The maximum absolute atomic E-state index is 12.6. The Bertz CT molecular complexity index is 706. The zero-order valence-electron chi connectivity index (χ0n) is 13.7. The van der Waals surface area contributed by atoms with Crippen LogP contribution in [-0.2, 0) is 14.6 Å². The summed E-state index contributed by atoms with van der Waals surface area (Å²) in [6, 6.07) is 5.20. The third kappa shape index (κ3) is 5.46. The molecule has 0 spiro atoms. The Morgan fingerprint density at radius 1 is 1.38 bits per heavy atom. The SMILES string of the molecule is CC(C)CN(C(=O)COc1ccc(Br)cc1Br)C1CCS(=O)(=O)C1. The van der Waals surface area contributed by atoms with Crippen LogP contribution < -0.4 is 4.74 Å². The smallest absolute Gasteiger partial charge is 0.260 e. The van der Waals surface area contributed by atoms with Crippen LogP contribution in [0.25, 0.3) is 0 Å². The first-order chi connectivity index (χ1) is 11.2. The number of nitrogens with zero attached hydrogens (tertiary/aromatic N) is 1. The lowest BCUT2D eigenvalue weighted by molar-refractivity contribution is -0.135. The minimum absolute atomic E-state index is 0.0490. The molecule has 0 aliphatic carbocycles. The van der Waals surface area contributed by atoms with E-state index in [0.29, 0.717) is 18.7 Å². The van der Waals surface area contributed by atoms with E-state index >= 15 is 0 Å². The van der Waals surface area contributed by atoms with Gasteiger partial charge in [0.25, 0.3) is 5.91 Å². The molecule has 1 fully saturated rings. The summed E-state index contributed by atoms with van der Waals surface area (Å²) in [5.74, 6) is 0.860. The zero-order valence-corrected chi connectivity index (χ0v) is 17.7. The fourth-order valence-corrected chi connectivity index (χ4v) is 5.58. The number of halogens is 2. The van der Waals surface area contributed by atoms with Crippen LogP contribution in [0, 0.1) is 5.92 Å². The molecule has 1 amide bonds. The van der Waals surface area contributed by atoms with Gasteiger partial charge in [-0.15, -0.1) is 0 Å². The monoisotopic (exact) mass is 481 g/mol. The molecule has 1 heterocycles. The van der Waals surface area contributed by atoms with Crippen molar-refractivity contribution in [3.8, 4) is 5.75 Å². The van der Waals surface area contributed by atoms with E-state index in [1.165, 1.54) is 0 Å². The van der Waals surface area contributed by atoms with Crippen LogP contribution in [-0.4, -0.2) is 49.9 Å². The highest BCUT2D eigenvalue weighted by Gasteiger charge is 2.35. The van der Waals surface area contributed by atoms with Gasteiger partial charge in [-0.3, -0.25) is 4.79 Å². The second-order valence-corrected chi connectivity index (χ2v) is 10.4. The number of carbonyl (C=O) groups is 1. The topological polar surface area (TPSA) is 63.7 Å². The highest BCUT2D eigenvalue weighted by atomic mass is 79.9. The molecule has 1 aromatic rings. The molecule has 1 aliphatic heterocycles. The number of hydrogen-bond donors (Lipinski definition) is 0. The molecule has 1 aliphatic rings. The molecule has 2 rings (SSSR count). The predicted octanol–water partition coefficient (Wildman–Crippen LogP) is 3.26. The lowest BCUT2D eigenvalue weighted by Crippen LogP contribution is -2.45. The molecule has 8 heteroatoms. The van der Waals surface area contributed by atoms with Crippen molar-refractivity contribution in [1.82, 2.24) is 4.90 Å². The van der Waals surface area contributed by atoms with Gasteiger partial charge in [-0.1, -0.05) is 29.8 Å². The third-order valence-corrected chi connectivity index (χ3v) is 6.64. The van der Waals surface area contributed by atoms with E-state index in [9.17, 15) is 13.2 Å². The maximum atomic E-state index is 12.6. The van der Waals surface area contributed by atoms with Gasteiger partial charge in [-0.05, 0) is 46.5 Å². The molecular formula is C16H21Br2NO4S. The third-order valence-electron chi connectivity index (χ3n) is 3.78.